The fourth-order valence-corrected chi connectivity index (χ4v) is 3.03. The topological polar surface area (TPSA) is 55.0 Å². The lowest BCUT2D eigenvalue weighted by Crippen LogP contribution is -2.05. The number of carbonyl (C=O) groups is 1. The van der Waals surface area contributed by atoms with E-state index in [1.807, 2.05) is 60.8 Å². The smallest absolute Gasteiger partial charge is 0.348 e. The van der Waals surface area contributed by atoms with E-state index in [0.717, 1.165) is 22.0 Å². The Bertz CT molecular complexity index is 1030. The van der Waals surface area contributed by atoms with Crippen LogP contribution in [0.1, 0.15) is 18.1 Å². The van der Waals surface area contributed by atoms with Crippen molar-refractivity contribution in [3.8, 4) is 6.07 Å². The summed E-state index contributed by atoms with van der Waals surface area (Å²) < 4.78 is 7.00. The van der Waals surface area contributed by atoms with Gasteiger partial charge in [-0.3, -0.25) is 0 Å². The molecular formula is C21H17ClN2O2. The fourth-order valence-electron chi connectivity index (χ4n) is 2.83. The second-order valence-electron chi connectivity index (χ2n) is 5.71. The number of halogens is 1. The summed E-state index contributed by atoms with van der Waals surface area (Å²) in [4.78, 5) is 11.9. The lowest BCUT2D eigenvalue weighted by atomic mass is 10.1. The maximum atomic E-state index is 11.9. The van der Waals surface area contributed by atoms with Crippen LogP contribution in [0.2, 0.25) is 5.02 Å². The molecule has 0 saturated carbocycles. The van der Waals surface area contributed by atoms with Gasteiger partial charge in [-0.2, -0.15) is 5.26 Å². The van der Waals surface area contributed by atoms with Crippen molar-refractivity contribution < 1.29 is 9.53 Å². The number of nitriles is 1. The van der Waals surface area contributed by atoms with E-state index in [9.17, 15) is 10.1 Å². The minimum atomic E-state index is -0.613. The molecule has 0 unspecified atom stereocenters. The number of hydrogen-bond donors (Lipinski definition) is 0. The van der Waals surface area contributed by atoms with Crippen molar-refractivity contribution in [2.75, 3.05) is 6.61 Å². The minimum absolute atomic E-state index is 0.0208. The van der Waals surface area contributed by atoms with Crippen LogP contribution < -0.4 is 0 Å². The summed E-state index contributed by atoms with van der Waals surface area (Å²) in [5.41, 5.74) is 2.76. The number of benzene rings is 2. The molecule has 1 aromatic heterocycles. The molecule has 0 fully saturated rings. The number of aromatic nitrogens is 1. The van der Waals surface area contributed by atoms with Gasteiger partial charge in [-0.1, -0.05) is 48.0 Å². The molecule has 0 radical (unpaired) electrons. The number of fused-ring (bicyclic) bond motifs is 1. The Morgan fingerprint density at radius 3 is 2.69 bits per heavy atom. The van der Waals surface area contributed by atoms with Gasteiger partial charge in [0.05, 0.1) is 6.61 Å². The molecule has 1 heterocycles. The zero-order valence-corrected chi connectivity index (χ0v) is 15.0. The molecule has 0 aliphatic heterocycles. The van der Waals surface area contributed by atoms with Gasteiger partial charge in [0, 0.05) is 34.2 Å². The highest BCUT2D eigenvalue weighted by atomic mass is 35.5. The van der Waals surface area contributed by atoms with Crippen molar-refractivity contribution >= 4 is 34.5 Å². The maximum absolute atomic E-state index is 11.9. The van der Waals surface area contributed by atoms with Gasteiger partial charge in [0.1, 0.15) is 11.6 Å². The zero-order chi connectivity index (χ0) is 18.5. The van der Waals surface area contributed by atoms with Gasteiger partial charge in [-0.05, 0) is 30.7 Å². The van der Waals surface area contributed by atoms with Gasteiger partial charge in [0.25, 0.3) is 0 Å². The van der Waals surface area contributed by atoms with Crippen molar-refractivity contribution in [1.82, 2.24) is 4.57 Å². The van der Waals surface area contributed by atoms with E-state index < -0.39 is 5.97 Å². The minimum Gasteiger partial charge on any atom is -0.462 e. The van der Waals surface area contributed by atoms with Crippen LogP contribution in [-0.4, -0.2) is 17.1 Å². The van der Waals surface area contributed by atoms with Gasteiger partial charge in [0.2, 0.25) is 0 Å². The van der Waals surface area contributed by atoms with E-state index >= 15 is 0 Å². The molecule has 2 aromatic carbocycles. The fraction of sp³-hybridized carbons (Fsp3) is 0.143. The summed E-state index contributed by atoms with van der Waals surface area (Å²) in [6, 6.07) is 17.4. The summed E-state index contributed by atoms with van der Waals surface area (Å²) in [6.45, 7) is 2.53. The third-order valence-corrected chi connectivity index (χ3v) is 4.40. The number of rotatable bonds is 5. The monoisotopic (exact) mass is 364 g/mol. The Morgan fingerprint density at radius 2 is 1.96 bits per heavy atom. The molecule has 26 heavy (non-hydrogen) atoms. The van der Waals surface area contributed by atoms with Crippen LogP contribution in [0.3, 0.4) is 0 Å². The largest absolute Gasteiger partial charge is 0.462 e. The zero-order valence-electron chi connectivity index (χ0n) is 14.3. The van der Waals surface area contributed by atoms with Gasteiger partial charge < -0.3 is 9.30 Å². The highest BCUT2D eigenvalue weighted by Crippen LogP contribution is 2.26. The molecule has 0 spiro atoms. The normalized spacial score (nSPS) is 11.3. The molecule has 0 aliphatic rings. The van der Waals surface area contributed by atoms with Gasteiger partial charge in [-0.15, -0.1) is 0 Å². The molecular weight excluding hydrogens is 348 g/mol. The lowest BCUT2D eigenvalue weighted by molar-refractivity contribution is -0.137. The number of para-hydroxylation sites is 1. The van der Waals surface area contributed by atoms with Crippen molar-refractivity contribution in [3.63, 3.8) is 0 Å². The lowest BCUT2D eigenvalue weighted by Gasteiger charge is -2.07. The highest BCUT2D eigenvalue weighted by molar-refractivity contribution is 6.31. The van der Waals surface area contributed by atoms with Crippen LogP contribution in [0.25, 0.3) is 17.0 Å². The Balaban J connectivity index is 2.07. The van der Waals surface area contributed by atoms with E-state index in [1.165, 1.54) is 0 Å². The van der Waals surface area contributed by atoms with E-state index in [2.05, 4.69) is 4.57 Å². The Labute approximate surface area is 156 Å². The van der Waals surface area contributed by atoms with Crippen molar-refractivity contribution in [3.05, 3.63) is 76.5 Å². The summed E-state index contributed by atoms with van der Waals surface area (Å²) in [5, 5.41) is 10.9. The first-order valence-electron chi connectivity index (χ1n) is 8.24. The van der Waals surface area contributed by atoms with Gasteiger partial charge in [-0.25, -0.2) is 4.79 Å². The van der Waals surface area contributed by atoms with Crippen molar-refractivity contribution in [1.29, 1.82) is 5.26 Å². The van der Waals surface area contributed by atoms with Crippen molar-refractivity contribution in [2.24, 2.45) is 0 Å². The van der Waals surface area contributed by atoms with Crippen LogP contribution in [-0.2, 0) is 16.1 Å². The van der Waals surface area contributed by atoms with Crippen LogP contribution in [0.5, 0.6) is 0 Å². The van der Waals surface area contributed by atoms with E-state index in [4.69, 9.17) is 16.3 Å². The van der Waals surface area contributed by atoms with Crippen LogP contribution in [0.4, 0.5) is 0 Å². The molecule has 0 aliphatic carbocycles. The second kappa shape index (κ2) is 7.90. The average molecular weight is 365 g/mol. The SMILES string of the molecule is CCOC(=O)/C(C#N)=C\c1cn(Cc2ccccc2Cl)c2ccccc12. The molecule has 0 N–H and O–H groups in total. The summed E-state index contributed by atoms with van der Waals surface area (Å²) in [7, 11) is 0. The molecule has 0 saturated heterocycles. The predicted octanol–water partition coefficient (Wildman–Crippen LogP) is 4.81. The van der Waals surface area contributed by atoms with E-state index in [1.54, 1.807) is 13.0 Å². The van der Waals surface area contributed by atoms with Crippen LogP contribution in [0.15, 0.2) is 60.3 Å². The molecule has 3 aromatic rings. The molecule has 3 rings (SSSR count). The molecule has 5 heteroatoms. The summed E-state index contributed by atoms with van der Waals surface area (Å²) in [6.07, 6.45) is 3.49. The Hall–Kier alpha value is -3.03. The second-order valence-corrected chi connectivity index (χ2v) is 6.12. The standard InChI is InChI=1S/C21H17ClN2O2/c1-2-26-21(25)16(12-23)11-17-14-24(20-10-6-4-8-18(17)20)13-15-7-3-5-9-19(15)22/h3-11,14H,2,13H2,1H3/b16-11-. The summed E-state index contributed by atoms with van der Waals surface area (Å²) in [5.74, 6) is -0.613. The quantitative estimate of drug-likeness (QED) is 0.371. The van der Waals surface area contributed by atoms with Crippen LogP contribution >= 0.6 is 11.6 Å². The molecule has 0 atom stereocenters. The number of esters is 1. The molecule has 0 bridgehead atoms. The van der Waals surface area contributed by atoms with Gasteiger partial charge in [0.15, 0.2) is 0 Å². The maximum Gasteiger partial charge on any atom is 0.348 e. The Morgan fingerprint density at radius 1 is 1.23 bits per heavy atom. The molecule has 4 nitrogen and oxygen atoms in total. The van der Waals surface area contributed by atoms with E-state index in [-0.39, 0.29) is 12.2 Å². The summed E-state index contributed by atoms with van der Waals surface area (Å²) >= 11 is 6.29. The number of nitrogens with zero attached hydrogens (tertiary/aromatic N) is 2. The van der Waals surface area contributed by atoms with Gasteiger partial charge >= 0.3 is 5.97 Å². The number of hydrogen-bond acceptors (Lipinski definition) is 3. The molecule has 0 amide bonds. The predicted molar refractivity (Wildman–Crippen MR) is 103 cm³/mol. The highest BCUT2D eigenvalue weighted by Gasteiger charge is 2.13. The first-order valence-corrected chi connectivity index (χ1v) is 8.62. The third kappa shape index (κ3) is 3.63. The first-order chi connectivity index (χ1) is 12.6. The first kappa shape index (κ1) is 17.8. The molecule has 130 valence electrons. The van der Waals surface area contributed by atoms with Crippen LogP contribution in [0, 0.1) is 11.3 Å². The number of ether oxygens (including phenoxy) is 1. The van der Waals surface area contributed by atoms with Crippen molar-refractivity contribution in [2.45, 2.75) is 13.5 Å². The Kier molecular flexibility index (Phi) is 5.40. The number of carbonyl (C=O) groups excluding carboxylic acids is 1. The third-order valence-electron chi connectivity index (χ3n) is 4.03. The average Bonchev–Trinajstić information content (AvgIpc) is 2.99. The van der Waals surface area contributed by atoms with E-state index in [0.29, 0.717) is 11.6 Å².